The Labute approximate surface area is 132 Å². The van der Waals surface area contributed by atoms with Crippen molar-refractivity contribution in [2.45, 2.75) is 6.42 Å². The molecule has 0 bridgehead atoms. The van der Waals surface area contributed by atoms with Crippen LogP contribution in [0.25, 0.3) is 21.9 Å². The average molecular weight is 302 g/mol. The summed E-state index contributed by atoms with van der Waals surface area (Å²) in [5, 5.41) is 16.6. The predicted octanol–water partition coefficient (Wildman–Crippen LogP) is 4.77. The molecular formula is C19H14N2O2. The summed E-state index contributed by atoms with van der Waals surface area (Å²) in [6, 6.07) is 15.3. The van der Waals surface area contributed by atoms with Crippen LogP contribution in [0.15, 0.2) is 57.4 Å². The Morgan fingerprint density at radius 1 is 0.696 bits per heavy atom. The van der Waals surface area contributed by atoms with Crippen molar-refractivity contribution in [3.63, 3.8) is 0 Å². The van der Waals surface area contributed by atoms with Crippen molar-refractivity contribution < 1.29 is 8.83 Å². The number of hydrogen-bond acceptors (Lipinski definition) is 4. The highest BCUT2D eigenvalue weighted by Crippen LogP contribution is 2.26. The quantitative estimate of drug-likeness (QED) is 0.533. The first-order valence-corrected chi connectivity index (χ1v) is 7.31. The van der Waals surface area contributed by atoms with Crippen LogP contribution in [0.3, 0.4) is 0 Å². The highest BCUT2D eigenvalue weighted by atomic mass is 16.4. The lowest BCUT2D eigenvalue weighted by Gasteiger charge is -1.91. The average Bonchev–Trinajstić information content (AvgIpc) is 3.15. The Balaban J connectivity index is 1.69. The maximum atomic E-state index is 7.31. The molecule has 0 aliphatic rings. The Kier molecular flexibility index (Phi) is 3.08. The molecule has 0 fully saturated rings. The summed E-state index contributed by atoms with van der Waals surface area (Å²) in [5.41, 5.74) is 3.33. The van der Waals surface area contributed by atoms with Crippen LogP contribution < -0.4 is 0 Å². The van der Waals surface area contributed by atoms with Crippen LogP contribution in [0.5, 0.6) is 0 Å². The highest BCUT2D eigenvalue weighted by Gasteiger charge is 2.09. The molecule has 2 heterocycles. The first-order chi connectivity index (χ1) is 11.2. The minimum atomic E-state index is 0.573. The van der Waals surface area contributed by atoms with Gasteiger partial charge in [0.05, 0.1) is 6.42 Å². The van der Waals surface area contributed by atoms with E-state index in [1.807, 2.05) is 48.5 Å². The molecule has 0 unspecified atom stereocenters. The molecule has 0 amide bonds. The normalized spacial score (nSPS) is 11.1. The van der Waals surface area contributed by atoms with Crippen molar-refractivity contribution in [1.29, 1.82) is 10.8 Å². The molecule has 2 aromatic carbocycles. The van der Waals surface area contributed by atoms with Gasteiger partial charge < -0.3 is 19.7 Å². The molecule has 2 aromatic heterocycles. The molecule has 0 spiro atoms. The van der Waals surface area contributed by atoms with Crippen molar-refractivity contribution in [2.75, 3.05) is 0 Å². The summed E-state index contributed by atoms with van der Waals surface area (Å²) in [6.45, 7) is 0. The van der Waals surface area contributed by atoms with E-state index in [-0.39, 0.29) is 0 Å². The van der Waals surface area contributed by atoms with Gasteiger partial charge in [-0.1, -0.05) is 0 Å². The van der Waals surface area contributed by atoms with E-state index in [0.29, 0.717) is 6.42 Å². The van der Waals surface area contributed by atoms with E-state index in [9.17, 15) is 0 Å². The number of rotatable bonds is 4. The van der Waals surface area contributed by atoms with Gasteiger partial charge in [0, 0.05) is 23.2 Å². The predicted molar refractivity (Wildman–Crippen MR) is 91.0 cm³/mol. The largest absolute Gasteiger partial charge is 0.461 e. The van der Waals surface area contributed by atoms with E-state index < -0.39 is 0 Å². The first-order valence-electron chi connectivity index (χ1n) is 7.31. The standard InChI is InChI=1S/C19H14N2O2/c20-10-12-1-3-18-14(5-12)7-16(22-18)9-17-8-15-6-13(11-21)2-4-19(15)23-17/h1-8,10-11,20-21H,9H2. The number of fused-ring (bicyclic) bond motifs is 2. The monoisotopic (exact) mass is 302 g/mol. The van der Waals surface area contributed by atoms with Gasteiger partial charge in [-0.25, -0.2) is 0 Å². The molecule has 0 radical (unpaired) electrons. The van der Waals surface area contributed by atoms with Crippen LogP contribution in [0, 0.1) is 10.8 Å². The fourth-order valence-corrected chi connectivity index (χ4v) is 2.76. The number of furan rings is 2. The van der Waals surface area contributed by atoms with E-state index in [1.54, 1.807) is 0 Å². The fraction of sp³-hybridized carbons (Fsp3) is 0.0526. The highest BCUT2D eigenvalue weighted by molar-refractivity contribution is 5.88. The van der Waals surface area contributed by atoms with Gasteiger partial charge in [-0.05, 0) is 59.7 Å². The van der Waals surface area contributed by atoms with Gasteiger partial charge in [-0.2, -0.15) is 0 Å². The van der Waals surface area contributed by atoms with Crippen LogP contribution in [0.2, 0.25) is 0 Å². The third-order valence-electron chi connectivity index (χ3n) is 3.86. The van der Waals surface area contributed by atoms with Crippen LogP contribution >= 0.6 is 0 Å². The van der Waals surface area contributed by atoms with E-state index in [2.05, 4.69) is 0 Å². The lowest BCUT2D eigenvalue weighted by molar-refractivity contribution is 0.512. The van der Waals surface area contributed by atoms with E-state index >= 15 is 0 Å². The Morgan fingerprint density at radius 2 is 1.17 bits per heavy atom. The summed E-state index contributed by atoms with van der Waals surface area (Å²) < 4.78 is 11.7. The zero-order valence-electron chi connectivity index (χ0n) is 12.3. The summed E-state index contributed by atoms with van der Waals surface area (Å²) in [6.07, 6.45) is 3.22. The first kappa shape index (κ1) is 13.5. The van der Waals surface area contributed by atoms with Crippen LogP contribution in [0.1, 0.15) is 22.6 Å². The molecule has 0 aliphatic carbocycles. The van der Waals surface area contributed by atoms with Crippen molar-refractivity contribution in [1.82, 2.24) is 0 Å². The zero-order chi connectivity index (χ0) is 15.8. The Bertz CT molecular complexity index is 956. The minimum absolute atomic E-state index is 0.573. The molecule has 0 atom stereocenters. The van der Waals surface area contributed by atoms with Crippen molar-refractivity contribution in [2.24, 2.45) is 0 Å². The molecule has 0 saturated carbocycles. The lowest BCUT2D eigenvalue weighted by atomic mass is 10.1. The minimum Gasteiger partial charge on any atom is -0.461 e. The molecule has 0 saturated heterocycles. The molecule has 4 rings (SSSR count). The Hall–Kier alpha value is -3.14. The van der Waals surface area contributed by atoms with Gasteiger partial charge >= 0.3 is 0 Å². The number of benzene rings is 2. The topological polar surface area (TPSA) is 74.0 Å². The summed E-state index contributed by atoms with van der Waals surface area (Å²) in [4.78, 5) is 0. The van der Waals surface area contributed by atoms with Gasteiger partial charge in [-0.15, -0.1) is 0 Å². The van der Waals surface area contributed by atoms with E-state index in [4.69, 9.17) is 19.7 Å². The second-order valence-corrected chi connectivity index (χ2v) is 5.49. The van der Waals surface area contributed by atoms with Crippen LogP contribution in [-0.2, 0) is 6.42 Å². The molecule has 23 heavy (non-hydrogen) atoms. The molecule has 4 nitrogen and oxygen atoms in total. The van der Waals surface area contributed by atoms with Gasteiger partial charge in [0.1, 0.15) is 22.7 Å². The van der Waals surface area contributed by atoms with Crippen LogP contribution in [0.4, 0.5) is 0 Å². The molecule has 0 aliphatic heterocycles. The smallest absolute Gasteiger partial charge is 0.134 e. The van der Waals surface area contributed by atoms with E-state index in [1.165, 1.54) is 12.4 Å². The summed E-state index contributed by atoms with van der Waals surface area (Å²) >= 11 is 0. The lowest BCUT2D eigenvalue weighted by Crippen LogP contribution is -1.80. The van der Waals surface area contributed by atoms with E-state index in [0.717, 1.165) is 44.6 Å². The van der Waals surface area contributed by atoms with Crippen molar-refractivity contribution in [3.05, 3.63) is 71.2 Å². The van der Waals surface area contributed by atoms with Crippen molar-refractivity contribution >= 4 is 34.4 Å². The van der Waals surface area contributed by atoms with Gasteiger partial charge in [-0.3, -0.25) is 0 Å². The number of hydrogen-bond donors (Lipinski definition) is 2. The molecular weight excluding hydrogens is 288 g/mol. The maximum Gasteiger partial charge on any atom is 0.134 e. The summed E-state index contributed by atoms with van der Waals surface area (Å²) in [5.74, 6) is 1.65. The zero-order valence-corrected chi connectivity index (χ0v) is 12.3. The fourth-order valence-electron chi connectivity index (χ4n) is 2.76. The van der Waals surface area contributed by atoms with Crippen molar-refractivity contribution in [3.8, 4) is 0 Å². The number of nitrogens with one attached hydrogen (secondary N) is 2. The molecule has 4 aromatic rings. The third-order valence-corrected chi connectivity index (χ3v) is 3.86. The van der Waals surface area contributed by atoms with Gasteiger partial charge in [0.25, 0.3) is 0 Å². The molecule has 112 valence electrons. The molecule has 2 N–H and O–H groups in total. The summed E-state index contributed by atoms with van der Waals surface area (Å²) in [7, 11) is 0. The maximum absolute atomic E-state index is 7.31. The Morgan fingerprint density at radius 3 is 1.61 bits per heavy atom. The SMILES string of the molecule is N=Cc1ccc2oc(Cc3cc4cc(C=N)ccc4o3)cc2c1. The van der Waals surface area contributed by atoms with Gasteiger partial charge in [0.15, 0.2) is 0 Å². The third kappa shape index (κ3) is 2.44. The second kappa shape index (κ2) is 5.25. The van der Waals surface area contributed by atoms with Gasteiger partial charge in [0.2, 0.25) is 0 Å². The second-order valence-electron chi connectivity index (χ2n) is 5.49. The molecule has 4 heteroatoms. The van der Waals surface area contributed by atoms with Crippen LogP contribution in [-0.4, -0.2) is 12.4 Å².